The smallest absolute Gasteiger partial charge is 0.416 e. The van der Waals surface area contributed by atoms with Gasteiger partial charge in [0.05, 0.1) is 16.9 Å². The van der Waals surface area contributed by atoms with Crippen molar-refractivity contribution < 1.29 is 31.5 Å². The van der Waals surface area contributed by atoms with Gasteiger partial charge in [-0.25, -0.2) is 13.1 Å². The molecule has 0 heterocycles. The van der Waals surface area contributed by atoms with Gasteiger partial charge in [0.1, 0.15) is 0 Å². The highest BCUT2D eigenvalue weighted by atomic mass is 32.2. The lowest BCUT2D eigenvalue weighted by Gasteiger charge is -2.11. The zero-order valence-electron chi connectivity index (χ0n) is 9.65. The number of hydrogen-bond donors (Lipinski definition) is 2. The van der Waals surface area contributed by atoms with Crippen LogP contribution in [0.5, 0.6) is 0 Å². The average molecular weight is 297 g/mol. The Balaban J connectivity index is 3.45. The maximum Gasteiger partial charge on any atom is 0.416 e. The van der Waals surface area contributed by atoms with Crippen molar-refractivity contribution in [3.8, 4) is 0 Å². The van der Waals surface area contributed by atoms with Crippen molar-refractivity contribution in [1.29, 1.82) is 0 Å². The van der Waals surface area contributed by atoms with Crippen LogP contribution in [0.2, 0.25) is 0 Å². The molecular formula is C10H10F3NO4S. The number of nitrogens with one attached hydrogen (secondary N) is 1. The van der Waals surface area contributed by atoms with Crippen LogP contribution < -0.4 is 4.72 Å². The third kappa shape index (κ3) is 3.93. The molecule has 0 amide bonds. The summed E-state index contributed by atoms with van der Waals surface area (Å²) in [4.78, 5) is 9.89. The first-order valence-corrected chi connectivity index (χ1v) is 6.41. The third-order valence-electron chi connectivity index (χ3n) is 2.23. The lowest BCUT2D eigenvalue weighted by atomic mass is 10.1. The summed E-state index contributed by atoms with van der Waals surface area (Å²) in [7, 11) is -3.03. The molecule has 5 nitrogen and oxygen atoms in total. The zero-order valence-corrected chi connectivity index (χ0v) is 10.5. The molecule has 0 radical (unpaired) electrons. The van der Waals surface area contributed by atoms with Crippen molar-refractivity contribution in [2.24, 2.45) is 0 Å². The molecule has 1 rings (SSSR count). The first-order valence-electron chi connectivity index (χ1n) is 4.93. The molecule has 9 heteroatoms. The molecule has 0 fully saturated rings. The molecule has 0 atom stereocenters. The van der Waals surface area contributed by atoms with E-state index in [0.29, 0.717) is 12.1 Å². The standard InChI is InChI=1S/C10H10F3NO4S/c1-14-19(17,18)8-3-6(4-9(15)16)2-7(5-8)10(11,12)13/h2-3,5,14H,4H2,1H3,(H,15,16). The van der Waals surface area contributed by atoms with Gasteiger partial charge in [-0.2, -0.15) is 13.2 Å². The Morgan fingerprint density at radius 2 is 1.89 bits per heavy atom. The van der Waals surface area contributed by atoms with Crippen LogP contribution in [0.3, 0.4) is 0 Å². The van der Waals surface area contributed by atoms with Gasteiger partial charge in [-0.1, -0.05) is 0 Å². The summed E-state index contributed by atoms with van der Waals surface area (Å²) in [5.41, 5.74) is -1.45. The highest BCUT2D eigenvalue weighted by Crippen LogP contribution is 2.31. The molecule has 0 bridgehead atoms. The van der Waals surface area contributed by atoms with Crippen LogP contribution in [0.25, 0.3) is 0 Å². The second-order valence-electron chi connectivity index (χ2n) is 3.64. The fourth-order valence-corrected chi connectivity index (χ4v) is 2.20. The Morgan fingerprint density at radius 3 is 2.32 bits per heavy atom. The van der Waals surface area contributed by atoms with Gasteiger partial charge >= 0.3 is 12.1 Å². The van der Waals surface area contributed by atoms with E-state index in [4.69, 9.17) is 5.11 Å². The number of benzene rings is 1. The zero-order chi connectivity index (χ0) is 14.8. The number of hydrogen-bond acceptors (Lipinski definition) is 3. The molecule has 1 aromatic rings. The maximum absolute atomic E-state index is 12.6. The minimum absolute atomic E-state index is 0.240. The number of carbonyl (C=O) groups is 1. The van der Waals surface area contributed by atoms with Gasteiger partial charge in [-0.05, 0) is 30.8 Å². The Bertz CT molecular complexity index is 595. The topological polar surface area (TPSA) is 83.5 Å². The fourth-order valence-electron chi connectivity index (χ4n) is 1.37. The Kier molecular flexibility index (Phi) is 4.21. The summed E-state index contributed by atoms with van der Waals surface area (Å²) in [6, 6.07) is 1.97. The second kappa shape index (κ2) is 5.17. The minimum Gasteiger partial charge on any atom is -0.481 e. The van der Waals surface area contributed by atoms with Crippen LogP contribution in [0.1, 0.15) is 11.1 Å². The highest BCUT2D eigenvalue weighted by Gasteiger charge is 2.32. The van der Waals surface area contributed by atoms with E-state index < -0.39 is 39.0 Å². The minimum atomic E-state index is -4.76. The number of carboxylic acid groups (broad SMARTS) is 1. The monoisotopic (exact) mass is 297 g/mol. The fraction of sp³-hybridized carbons (Fsp3) is 0.300. The second-order valence-corrected chi connectivity index (χ2v) is 5.53. The quantitative estimate of drug-likeness (QED) is 0.876. The van der Waals surface area contributed by atoms with Crippen LogP contribution in [-0.2, 0) is 27.4 Å². The molecule has 0 spiro atoms. The largest absolute Gasteiger partial charge is 0.481 e. The number of rotatable bonds is 4. The Morgan fingerprint density at radius 1 is 1.32 bits per heavy atom. The molecule has 0 aliphatic carbocycles. The van der Waals surface area contributed by atoms with E-state index in [1.54, 1.807) is 0 Å². The highest BCUT2D eigenvalue weighted by molar-refractivity contribution is 7.89. The predicted molar refractivity (Wildman–Crippen MR) is 59.0 cm³/mol. The van der Waals surface area contributed by atoms with Crippen molar-refractivity contribution >= 4 is 16.0 Å². The molecule has 0 unspecified atom stereocenters. The number of alkyl halides is 3. The summed E-state index contributed by atoms with van der Waals surface area (Å²) < 4.78 is 62.7. The van der Waals surface area contributed by atoms with Crippen LogP contribution >= 0.6 is 0 Å². The summed E-state index contributed by atoms with van der Waals surface area (Å²) in [5.74, 6) is -1.35. The van der Waals surface area contributed by atoms with Gasteiger partial charge in [0, 0.05) is 0 Å². The normalized spacial score (nSPS) is 12.4. The number of sulfonamides is 1. The molecule has 2 N–H and O–H groups in total. The van der Waals surface area contributed by atoms with Crippen LogP contribution in [0.15, 0.2) is 23.1 Å². The van der Waals surface area contributed by atoms with E-state index in [1.807, 2.05) is 4.72 Å². The third-order valence-corrected chi connectivity index (χ3v) is 3.62. The lowest BCUT2D eigenvalue weighted by Crippen LogP contribution is -2.20. The summed E-state index contributed by atoms with van der Waals surface area (Å²) in [5, 5.41) is 8.57. The number of halogens is 3. The SMILES string of the molecule is CNS(=O)(=O)c1cc(CC(=O)O)cc(C(F)(F)F)c1. The van der Waals surface area contributed by atoms with Crippen molar-refractivity contribution in [3.63, 3.8) is 0 Å². The molecule has 106 valence electrons. The van der Waals surface area contributed by atoms with E-state index in [-0.39, 0.29) is 5.56 Å². The van der Waals surface area contributed by atoms with Crippen molar-refractivity contribution in [3.05, 3.63) is 29.3 Å². The Hall–Kier alpha value is -1.61. The van der Waals surface area contributed by atoms with Crippen molar-refractivity contribution in [1.82, 2.24) is 4.72 Å². The van der Waals surface area contributed by atoms with Gasteiger partial charge in [-0.3, -0.25) is 4.79 Å². The van der Waals surface area contributed by atoms with Crippen LogP contribution in [0.4, 0.5) is 13.2 Å². The first kappa shape index (κ1) is 15.4. The predicted octanol–water partition coefficient (Wildman–Crippen LogP) is 1.24. The van der Waals surface area contributed by atoms with Gasteiger partial charge < -0.3 is 5.11 Å². The van der Waals surface area contributed by atoms with E-state index in [0.717, 1.165) is 13.1 Å². The molecule has 1 aromatic carbocycles. The summed E-state index contributed by atoms with van der Waals surface area (Å²) in [6.07, 6.45) is -5.46. The van der Waals surface area contributed by atoms with E-state index in [9.17, 15) is 26.4 Å². The number of carboxylic acids is 1. The molecule has 0 aliphatic rings. The lowest BCUT2D eigenvalue weighted by molar-refractivity contribution is -0.139. The van der Waals surface area contributed by atoms with Crippen molar-refractivity contribution in [2.75, 3.05) is 7.05 Å². The van der Waals surface area contributed by atoms with Crippen LogP contribution in [0, 0.1) is 0 Å². The van der Waals surface area contributed by atoms with E-state index in [2.05, 4.69) is 0 Å². The molecule has 0 aliphatic heterocycles. The van der Waals surface area contributed by atoms with Gasteiger partial charge in [0.15, 0.2) is 0 Å². The summed E-state index contributed by atoms with van der Waals surface area (Å²) in [6.45, 7) is 0. The van der Waals surface area contributed by atoms with Crippen molar-refractivity contribution in [2.45, 2.75) is 17.5 Å². The molecule has 0 saturated heterocycles. The molecule has 19 heavy (non-hydrogen) atoms. The van der Waals surface area contributed by atoms with E-state index >= 15 is 0 Å². The number of aliphatic carboxylic acids is 1. The molecular weight excluding hydrogens is 287 g/mol. The van der Waals surface area contributed by atoms with Gasteiger partial charge in [0.2, 0.25) is 10.0 Å². The van der Waals surface area contributed by atoms with Gasteiger partial charge in [-0.15, -0.1) is 0 Å². The summed E-state index contributed by atoms with van der Waals surface area (Å²) >= 11 is 0. The first-order chi connectivity index (χ1) is 8.56. The van der Waals surface area contributed by atoms with Crippen LogP contribution in [-0.4, -0.2) is 26.5 Å². The maximum atomic E-state index is 12.6. The molecule has 0 aromatic heterocycles. The molecule has 0 saturated carbocycles. The van der Waals surface area contributed by atoms with E-state index in [1.165, 1.54) is 0 Å². The Labute approximate surface area is 107 Å². The van der Waals surface area contributed by atoms with Gasteiger partial charge in [0.25, 0.3) is 0 Å². The average Bonchev–Trinajstić information content (AvgIpc) is 2.26.